The molecule has 0 atom stereocenters. The fourth-order valence-corrected chi connectivity index (χ4v) is 2.37. The lowest BCUT2D eigenvalue weighted by Gasteiger charge is -2.27. The predicted octanol–water partition coefficient (Wildman–Crippen LogP) is 3.38. The molecule has 0 fully saturated rings. The molecule has 1 aromatic rings. The highest BCUT2D eigenvalue weighted by Gasteiger charge is 2.14. The molecule has 0 saturated heterocycles. The van der Waals surface area contributed by atoms with E-state index in [0.29, 0.717) is 6.04 Å². The Bertz CT molecular complexity index is 457. The summed E-state index contributed by atoms with van der Waals surface area (Å²) < 4.78 is 5.45. The van der Waals surface area contributed by atoms with Gasteiger partial charge < -0.3 is 10.5 Å². The molecule has 1 aromatic carbocycles. The number of unbranched alkanes of at least 4 members (excludes halogenated alkanes) is 2. The normalized spacial score (nSPS) is 11.1. The second kappa shape index (κ2) is 8.67. The predicted molar refractivity (Wildman–Crippen MR) is 89.1 cm³/mol. The lowest BCUT2D eigenvalue weighted by atomic mass is 10.1. The summed E-state index contributed by atoms with van der Waals surface area (Å²) in [6.45, 7) is 8.56. The molecule has 0 aliphatic carbocycles. The Morgan fingerprint density at radius 1 is 1.33 bits per heavy atom. The van der Waals surface area contributed by atoms with Crippen molar-refractivity contribution in [3.63, 3.8) is 0 Å². The molecule has 0 unspecified atom stereocenters. The van der Waals surface area contributed by atoms with Crippen LogP contribution >= 0.6 is 0 Å². The van der Waals surface area contributed by atoms with Crippen molar-refractivity contribution in [1.82, 2.24) is 4.90 Å². The van der Waals surface area contributed by atoms with Crippen LogP contribution in [0.3, 0.4) is 0 Å². The molecule has 0 aliphatic heterocycles. The Hall–Kier alpha value is -1.55. The summed E-state index contributed by atoms with van der Waals surface area (Å²) in [7, 11) is 1.68. The monoisotopic (exact) mass is 291 g/mol. The Morgan fingerprint density at radius 3 is 2.57 bits per heavy atom. The van der Waals surface area contributed by atoms with E-state index in [-0.39, 0.29) is 5.84 Å². The number of benzene rings is 1. The van der Waals surface area contributed by atoms with Crippen LogP contribution in [-0.2, 0) is 6.54 Å². The largest absolute Gasteiger partial charge is 0.496 e. The van der Waals surface area contributed by atoms with Gasteiger partial charge in [-0.1, -0.05) is 19.8 Å². The van der Waals surface area contributed by atoms with Crippen molar-refractivity contribution in [3.8, 4) is 5.75 Å². The maximum atomic E-state index is 7.59. The average Bonchev–Trinajstić information content (AvgIpc) is 2.45. The standard InChI is InChI=1S/C17H29N3O/c1-5-6-7-10-20(13(2)3)12-15-11-14(17(18)19)8-9-16(15)21-4/h8-9,11,13H,5-7,10,12H2,1-4H3,(H3,18,19). The van der Waals surface area contributed by atoms with Crippen LogP contribution in [0.1, 0.15) is 51.2 Å². The van der Waals surface area contributed by atoms with Gasteiger partial charge in [-0.2, -0.15) is 0 Å². The van der Waals surface area contributed by atoms with E-state index in [1.807, 2.05) is 18.2 Å². The first kappa shape index (κ1) is 17.5. The molecule has 0 radical (unpaired) electrons. The number of nitrogens with two attached hydrogens (primary N) is 1. The van der Waals surface area contributed by atoms with Crippen molar-refractivity contribution in [2.75, 3.05) is 13.7 Å². The fraction of sp³-hybridized carbons (Fsp3) is 0.588. The zero-order valence-electron chi connectivity index (χ0n) is 13.8. The fourth-order valence-electron chi connectivity index (χ4n) is 2.37. The van der Waals surface area contributed by atoms with Crippen LogP contribution in [0.25, 0.3) is 0 Å². The summed E-state index contributed by atoms with van der Waals surface area (Å²) in [5.74, 6) is 0.960. The maximum Gasteiger partial charge on any atom is 0.123 e. The summed E-state index contributed by atoms with van der Waals surface area (Å²) in [4.78, 5) is 2.44. The third-order valence-corrected chi connectivity index (χ3v) is 3.74. The molecule has 0 bridgehead atoms. The molecular weight excluding hydrogens is 262 g/mol. The molecule has 21 heavy (non-hydrogen) atoms. The molecule has 118 valence electrons. The first-order valence-electron chi connectivity index (χ1n) is 7.75. The summed E-state index contributed by atoms with van der Waals surface area (Å²) in [5.41, 5.74) is 7.44. The number of hydrogen-bond acceptors (Lipinski definition) is 3. The number of methoxy groups -OCH3 is 1. The SMILES string of the molecule is CCCCCN(Cc1cc(C(=N)N)ccc1OC)C(C)C. The second-order valence-electron chi connectivity index (χ2n) is 5.71. The van der Waals surface area contributed by atoms with Crippen molar-refractivity contribution in [1.29, 1.82) is 5.41 Å². The van der Waals surface area contributed by atoms with Crippen LogP contribution in [0.4, 0.5) is 0 Å². The van der Waals surface area contributed by atoms with E-state index in [0.717, 1.165) is 30.0 Å². The zero-order chi connectivity index (χ0) is 15.8. The van der Waals surface area contributed by atoms with Gasteiger partial charge in [0.05, 0.1) is 7.11 Å². The summed E-state index contributed by atoms with van der Waals surface area (Å²) in [6.07, 6.45) is 3.70. The molecule has 0 aromatic heterocycles. The number of nitrogen functional groups attached to an aromatic ring is 1. The number of hydrogen-bond donors (Lipinski definition) is 2. The molecule has 0 amide bonds. The Labute approximate surface area is 128 Å². The quantitative estimate of drug-likeness (QED) is 0.416. The average molecular weight is 291 g/mol. The van der Waals surface area contributed by atoms with E-state index in [9.17, 15) is 0 Å². The molecular formula is C17H29N3O. The Morgan fingerprint density at radius 2 is 2.05 bits per heavy atom. The van der Waals surface area contributed by atoms with Gasteiger partial charge in [0, 0.05) is 23.7 Å². The van der Waals surface area contributed by atoms with Gasteiger partial charge in [-0.25, -0.2) is 0 Å². The van der Waals surface area contributed by atoms with Crippen molar-refractivity contribution in [2.45, 2.75) is 52.6 Å². The van der Waals surface area contributed by atoms with E-state index in [2.05, 4.69) is 25.7 Å². The van der Waals surface area contributed by atoms with Gasteiger partial charge in [-0.05, 0) is 45.0 Å². The highest BCUT2D eigenvalue weighted by Crippen LogP contribution is 2.22. The smallest absolute Gasteiger partial charge is 0.123 e. The number of rotatable bonds is 9. The van der Waals surface area contributed by atoms with Crippen LogP contribution < -0.4 is 10.5 Å². The maximum absolute atomic E-state index is 7.59. The minimum Gasteiger partial charge on any atom is -0.496 e. The van der Waals surface area contributed by atoms with E-state index in [4.69, 9.17) is 15.9 Å². The zero-order valence-corrected chi connectivity index (χ0v) is 13.8. The molecule has 0 heterocycles. The van der Waals surface area contributed by atoms with E-state index in [1.165, 1.54) is 19.3 Å². The van der Waals surface area contributed by atoms with Crippen molar-refractivity contribution in [3.05, 3.63) is 29.3 Å². The molecule has 0 aliphatic rings. The molecule has 4 nitrogen and oxygen atoms in total. The van der Waals surface area contributed by atoms with Crippen LogP contribution in [0, 0.1) is 5.41 Å². The Balaban J connectivity index is 2.90. The first-order chi connectivity index (χ1) is 9.99. The highest BCUT2D eigenvalue weighted by atomic mass is 16.5. The lowest BCUT2D eigenvalue weighted by Crippen LogP contribution is -2.31. The van der Waals surface area contributed by atoms with Gasteiger partial charge in [0.1, 0.15) is 11.6 Å². The molecule has 4 heteroatoms. The third kappa shape index (κ3) is 5.38. The summed E-state index contributed by atoms with van der Waals surface area (Å²) in [5, 5.41) is 7.59. The van der Waals surface area contributed by atoms with Crippen molar-refractivity contribution in [2.24, 2.45) is 5.73 Å². The molecule has 0 spiro atoms. The van der Waals surface area contributed by atoms with Crippen LogP contribution in [0.2, 0.25) is 0 Å². The molecule has 1 rings (SSSR count). The Kier molecular flexibility index (Phi) is 7.23. The van der Waals surface area contributed by atoms with Gasteiger partial charge in [0.25, 0.3) is 0 Å². The lowest BCUT2D eigenvalue weighted by molar-refractivity contribution is 0.206. The van der Waals surface area contributed by atoms with Gasteiger partial charge in [0.15, 0.2) is 0 Å². The third-order valence-electron chi connectivity index (χ3n) is 3.74. The number of nitrogens with one attached hydrogen (secondary N) is 1. The number of ether oxygens (including phenoxy) is 1. The van der Waals surface area contributed by atoms with Crippen LogP contribution in [0.15, 0.2) is 18.2 Å². The minimum atomic E-state index is 0.0981. The van der Waals surface area contributed by atoms with E-state index >= 15 is 0 Å². The topological polar surface area (TPSA) is 62.3 Å². The highest BCUT2D eigenvalue weighted by molar-refractivity contribution is 5.95. The number of nitrogens with zero attached hydrogens (tertiary/aromatic N) is 1. The van der Waals surface area contributed by atoms with Crippen molar-refractivity contribution < 1.29 is 4.74 Å². The van der Waals surface area contributed by atoms with Gasteiger partial charge in [0.2, 0.25) is 0 Å². The summed E-state index contributed by atoms with van der Waals surface area (Å²) >= 11 is 0. The van der Waals surface area contributed by atoms with Crippen LogP contribution in [0.5, 0.6) is 5.75 Å². The first-order valence-corrected chi connectivity index (χ1v) is 7.75. The van der Waals surface area contributed by atoms with E-state index < -0.39 is 0 Å². The second-order valence-corrected chi connectivity index (χ2v) is 5.71. The van der Waals surface area contributed by atoms with Crippen LogP contribution in [-0.4, -0.2) is 30.4 Å². The van der Waals surface area contributed by atoms with Crippen molar-refractivity contribution >= 4 is 5.84 Å². The molecule has 3 N–H and O–H groups in total. The van der Waals surface area contributed by atoms with Gasteiger partial charge in [-0.3, -0.25) is 10.3 Å². The number of amidine groups is 1. The van der Waals surface area contributed by atoms with Gasteiger partial charge in [-0.15, -0.1) is 0 Å². The van der Waals surface area contributed by atoms with Gasteiger partial charge >= 0.3 is 0 Å². The summed E-state index contributed by atoms with van der Waals surface area (Å²) in [6, 6.07) is 6.18. The van der Waals surface area contributed by atoms with E-state index in [1.54, 1.807) is 7.11 Å². The minimum absolute atomic E-state index is 0.0981. The molecule has 0 saturated carbocycles.